The molecular formula is C32H39F3N4O3. The van der Waals surface area contributed by atoms with Crippen molar-refractivity contribution in [3.8, 4) is 22.6 Å². The summed E-state index contributed by atoms with van der Waals surface area (Å²) >= 11 is 0. The molecule has 0 N–H and O–H groups in total. The highest BCUT2D eigenvalue weighted by molar-refractivity contribution is 5.72. The van der Waals surface area contributed by atoms with E-state index in [1.807, 2.05) is 28.9 Å². The van der Waals surface area contributed by atoms with Gasteiger partial charge in [-0.05, 0) is 55.7 Å². The highest BCUT2D eigenvalue weighted by Gasteiger charge is 2.48. The number of methoxy groups -OCH3 is 2. The standard InChI is InChI=1S/C32H39F3N4O3/c1-21-22(2)31(40)36(3)18-24(21)23-16-28(41-4)25(29(17-23)42-5)19-37-11-10-30(32(34,35)20-37)39-14-12-38(13-15-39)27-9-7-6-8-26(27)33/h6-9,16-18,30H,10-15,19-20H2,1-5H3/t30-/m0/s1. The third kappa shape index (κ3) is 5.74. The van der Waals surface area contributed by atoms with Crippen LogP contribution in [0.1, 0.15) is 23.1 Å². The lowest BCUT2D eigenvalue weighted by atomic mass is 9.95. The number of anilines is 1. The highest BCUT2D eigenvalue weighted by atomic mass is 19.3. The van der Waals surface area contributed by atoms with E-state index < -0.39 is 12.0 Å². The van der Waals surface area contributed by atoms with Crippen LogP contribution in [0, 0.1) is 19.7 Å². The van der Waals surface area contributed by atoms with Crippen LogP contribution in [0.15, 0.2) is 47.4 Å². The van der Waals surface area contributed by atoms with Crippen molar-refractivity contribution >= 4 is 5.69 Å². The van der Waals surface area contributed by atoms with Crippen molar-refractivity contribution < 1.29 is 22.6 Å². The number of aromatic nitrogens is 1. The first-order chi connectivity index (χ1) is 20.0. The van der Waals surface area contributed by atoms with Crippen LogP contribution in [-0.4, -0.2) is 79.8 Å². The van der Waals surface area contributed by atoms with Crippen molar-refractivity contribution in [2.75, 3.05) is 58.4 Å². The maximum atomic E-state index is 15.6. The Hall–Kier alpha value is -3.50. The van der Waals surface area contributed by atoms with Crippen LogP contribution in [-0.2, 0) is 13.6 Å². The number of alkyl halides is 2. The normalized spacial score (nSPS) is 19.6. The molecule has 0 aliphatic carbocycles. The van der Waals surface area contributed by atoms with Crippen molar-refractivity contribution in [3.05, 3.63) is 75.5 Å². The number of ether oxygens (including phenoxy) is 2. The SMILES string of the molecule is COc1cc(-c2cn(C)c(=O)c(C)c2C)cc(OC)c1CN1CC[C@H](N2CCN(c3ccccc3F)CC2)C(F)(F)C1. The summed E-state index contributed by atoms with van der Waals surface area (Å²) in [5.41, 5.74) is 4.40. The van der Waals surface area contributed by atoms with Gasteiger partial charge in [0.15, 0.2) is 0 Å². The van der Waals surface area contributed by atoms with E-state index in [2.05, 4.69) is 0 Å². The van der Waals surface area contributed by atoms with Gasteiger partial charge in [-0.2, -0.15) is 0 Å². The number of piperazine rings is 1. The van der Waals surface area contributed by atoms with Crippen molar-refractivity contribution in [1.82, 2.24) is 14.4 Å². The third-order valence-electron chi connectivity index (χ3n) is 8.82. The zero-order chi connectivity index (χ0) is 30.2. The molecule has 0 saturated carbocycles. The van der Waals surface area contributed by atoms with Gasteiger partial charge >= 0.3 is 0 Å². The van der Waals surface area contributed by atoms with Crippen molar-refractivity contribution in [2.24, 2.45) is 7.05 Å². The number of hydrogen-bond acceptors (Lipinski definition) is 6. The predicted octanol–water partition coefficient (Wildman–Crippen LogP) is 4.86. The summed E-state index contributed by atoms with van der Waals surface area (Å²) in [6.07, 6.45) is 2.12. The van der Waals surface area contributed by atoms with Crippen LogP contribution < -0.4 is 19.9 Å². The van der Waals surface area contributed by atoms with Gasteiger partial charge in [-0.3, -0.25) is 14.6 Å². The first-order valence-corrected chi connectivity index (χ1v) is 14.3. The molecule has 42 heavy (non-hydrogen) atoms. The molecule has 10 heteroatoms. The number of hydrogen-bond donors (Lipinski definition) is 0. The topological polar surface area (TPSA) is 50.2 Å². The molecule has 3 heterocycles. The van der Waals surface area contributed by atoms with Gasteiger partial charge in [-0.1, -0.05) is 12.1 Å². The van der Waals surface area contributed by atoms with E-state index in [9.17, 15) is 9.18 Å². The molecule has 1 atom stereocenters. The molecule has 2 aliphatic rings. The second-order valence-electron chi connectivity index (χ2n) is 11.3. The van der Waals surface area contributed by atoms with E-state index in [0.29, 0.717) is 67.5 Å². The van der Waals surface area contributed by atoms with Gasteiger partial charge in [0.1, 0.15) is 17.3 Å². The molecule has 0 radical (unpaired) electrons. The zero-order valence-electron chi connectivity index (χ0n) is 24.9. The summed E-state index contributed by atoms with van der Waals surface area (Å²) in [6, 6.07) is 9.50. The quantitative estimate of drug-likeness (QED) is 0.396. The van der Waals surface area contributed by atoms with Crippen LogP contribution in [0.2, 0.25) is 0 Å². The third-order valence-corrected chi connectivity index (χ3v) is 8.82. The minimum absolute atomic E-state index is 0.0527. The van der Waals surface area contributed by atoms with E-state index in [1.54, 1.807) is 62.1 Å². The fraction of sp³-hybridized carbons (Fsp3) is 0.469. The van der Waals surface area contributed by atoms with E-state index in [0.717, 1.165) is 16.7 Å². The molecule has 1 aromatic heterocycles. The molecule has 2 aromatic carbocycles. The molecule has 0 unspecified atom stereocenters. The van der Waals surface area contributed by atoms with Crippen molar-refractivity contribution in [1.29, 1.82) is 0 Å². The second-order valence-corrected chi connectivity index (χ2v) is 11.3. The number of para-hydroxylation sites is 1. The number of piperidine rings is 1. The first kappa shape index (κ1) is 30.0. The summed E-state index contributed by atoms with van der Waals surface area (Å²) in [4.78, 5) is 17.9. The Labute approximate surface area is 245 Å². The summed E-state index contributed by atoms with van der Waals surface area (Å²) in [5.74, 6) is -2.11. The van der Waals surface area contributed by atoms with Crippen LogP contribution in [0.5, 0.6) is 11.5 Å². The van der Waals surface area contributed by atoms with Gasteiger partial charge in [-0.15, -0.1) is 0 Å². The fourth-order valence-electron chi connectivity index (χ4n) is 6.35. The number of rotatable bonds is 7. The molecule has 0 spiro atoms. The Morgan fingerprint density at radius 3 is 2.19 bits per heavy atom. The van der Waals surface area contributed by atoms with Crippen LogP contribution in [0.25, 0.3) is 11.1 Å². The lowest BCUT2D eigenvalue weighted by Gasteiger charge is -2.46. The molecule has 2 aliphatic heterocycles. The van der Waals surface area contributed by atoms with Crippen LogP contribution in [0.4, 0.5) is 18.9 Å². The van der Waals surface area contributed by atoms with Crippen LogP contribution in [0.3, 0.4) is 0 Å². The number of aryl methyl sites for hydroxylation is 1. The monoisotopic (exact) mass is 584 g/mol. The molecule has 7 nitrogen and oxygen atoms in total. The molecule has 2 saturated heterocycles. The maximum absolute atomic E-state index is 15.6. The molecular weight excluding hydrogens is 545 g/mol. The van der Waals surface area contributed by atoms with Gasteiger partial charge in [0.25, 0.3) is 11.5 Å². The van der Waals surface area contributed by atoms with Gasteiger partial charge in [0.2, 0.25) is 0 Å². The van der Waals surface area contributed by atoms with Crippen molar-refractivity contribution in [3.63, 3.8) is 0 Å². The van der Waals surface area contributed by atoms with Crippen LogP contribution >= 0.6 is 0 Å². The minimum atomic E-state index is -2.91. The molecule has 0 amide bonds. The zero-order valence-corrected chi connectivity index (χ0v) is 24.9. The van der Waals surface area contributed by atoms with Gasteiger partial charge in [0.05, 0.1) is 38.1 Å². The van der Waals surface area contributed by atoms with Crippen molar-refractivity contribution in [2.45, 2.75) is 38.8 Å². The summed E-state index contributed by atoms with van der Waals surface area (Å²) < 4.78 is 58.6. The average molecular weight is 585 g/mol. The smallest absolute Gasteiger partial charge is 0.275 e. The number of halogens is 3. The number of likely N-dealkylation sites (tertiary alicyclic amines) is 1. The second kappa shape index (κ2) is 12.0. The van der Waals surface area contributed by atoms with Gasteiger partial charge in [-0.25, -0.2) is 13.2 Å². The Morgan fingerprint density at radius 1 is 0.952 bits per heavy atom. The van der Waals surface area contributed by atoms with E-state index in [1.165, 1.54) is 6.07 Å². The first-order valence-electron chi connectivity index (χ1n) is 14.3. The van der Waals surface area contributed by atoms with Gasteiger partial charge < -0.3 is 18.9 Å². The highest BCUT2D eigenvalue weighted by Crippen LogP contribution is 2.39. The summed E-state index contributed by atoms with van der Waals surface area (Å²) in [5, 5.41) is 0. The molecule has 5 rings (SSSR count). The summed E-state index contributed by atoms with van der Waals surface area (Å²) in [7, 11) is 4.83. The lowest BCUT2D eigenvalue weighted by molar-refractivity contribution is -0.129. The molecule has 0 bridgehead atoms. The Bertz CT molecular complexity index is 1480. The maximum Gasteiger partial charge on any atom is 0.275 e. The Balaban J connectivity index is 1.31. The largest absolute Gasteiger partial charge is 0.496 e. The predicted molar refractivity (Wildman–Crippen MR) is 159 cm³/mol. The summed E-state index contributed by atoms with van der Waals surface area (Å²) in [6.45, 7) is 6.02. The lowest BCUT2D eigenvalue weighted by Crippen LogP contribution is -2.61. The van der Waals surface area contributed by atoms with E-state index in [-0.39, 0.29) is 24.5 Å². The van der Waals surface area contributed by atoms with Gasteiger partial charge in [0, 0.05) is 63.6 Å². The number of pyridine rings is 1. The fourth-order valence-corrected chi connectivity index (χ4v) is 6.35. The average Bonchev–Trinajstić information content (AvgIpc) is 2.98. The van der Waals surface area contributed by atoms with E-state index in [4.69, 9.17) is 9.47 Å². The Kier molecular flexibility index (Phi) is 8.57. The molecule has 226 valence electrons. The Morgan fingerprint density at radius 2 is 1.60 bits per heavy atom. The molecule has 2 fully saturated rings. The number of nitrogens with zero attached hydrogens (tertiary/aromatic N) is 4. The number of benzene rings is 2. The minimum Gasteiger partial charge on any atom is -0.496 e. The van der Waals surface area contributed by atoms with E-state index >= 15 is 8.78 Å². The molecule has 3 aromatic rings.